The molecule has 0 fully saturated rings. The Morgan fingerprint density at radius 2 is 1.87 bits per heavy atom. The second-order valence-corrected chi connectivity index (χ2v) is 7.22. The van der Waals surface area contributed by atoms with Gasteiger partial charge in [0.05, 0.1) is 16.3 Å². The summed E-state index contributed by atoms with van der Waals surface area (Å²) in [6.45, 7) is 1.51. The third kappa shape index (κ3) is 4.71. The fourth-order valence-electron chi connectivity index (χ4n) is 2.51. The van der Waals surface area contributed by atoms with Gasteiger partial charge in [0, 0.05) is 12.1 Å². The molecule has 1 amide bonds. The molecule has 0 saturated carbocycles. The van der Waals surface area contributed by atoms with Crippen molar-refractivity contribution in [3.05, 3.63) is 52.6 Å². The van der Waals surface area contributed by atoms with Gasteiger partial charge in [0.25, 0.3) is 11.6 Å². The molecule has 1 N–H and O–H groups in total. The summed E-state index contributed by atoms with van der Waals surface area (Å²) in [4.78, 5) is 21.4. The zero-order valence-corrected chi connectivity index (χ0v) is 18.5. The van der Waals surface area contributed by atoms with Crippen molar-refractivity contribution in [2.45, 2.75) is 17.9 Å². The van der Waals surface area contributed by atoms with Crippen LogP contribution in [0.15, 0.2) is 62.7 Å². The van der Waals surface area contributed by atoms with Gasteiger partial charge in [-0.3, -0.25) is 14.9 Å². The van der Waals surface area contributed by atoms with Gasteiger partial charge in [0.1, 0.15) is 20.7 Å². The number of carbonyl (C=O) groups is 1. The Balaban J connectivity index is 0.00000320. The maximum atomic E-state index is 12.6. The number of carbonyl (C=O) groups excluding carboxylic acids is 1. The van der Waals surface area contributed by atoms with Gasteiger partial charge in [-0.15, -0.1) is 0 Å². The molecule has 1 unspecified atom stereocenters. The van der Waals surface area contributed by atoms with E-state index in [0.29, 0.717) is 11.8 Å². The van der Waals surface area contributed by atoms with Gasteiger partial charge >= 0.3 is 29.6 Å². The second kappa shape index (κ2) is 8.97. The summed E-state index contributed by atoms with van der Waals surface area (Å²) >= 11 is 0. The number of nitro benzene ring substituents is 1. The van der Waals surface area contributed by atoms with Gasteiger partial charge in [-0.2, -0.15) is 20.3 Å². The van der Waals surface area contributed by atoms with Crippen LogP contribution in [-0.2, 0) is 14.9 Å². The molecular formula is C16H12N5NaO7S. The molecule has 14 heteroatoms. The number of nitrogens with zero attached hydrogens (tertiary/aromatic N) is 5. The minimum Gasteiger partial charge on any atom is -0.744 e. The number of benzene rings is 2. The summed E-state index contributed by atoms with van der Waals surface area (Å²) in [6.07, 6.45) is 0. The molecule has 2 aromatic rings. The smallest absolute Gasteiger partial charge is 0.744 e. The quantitative estimate of drug-likeness (QED) is 0.205. The number of anilines is 1. The Labute approximate surface area is 192 Å². The molecule has 2 aromatic carbocycles. The number of phenolic OH excluding ortho intramolecular Hbond substituents is 1. The predicted octanol–water partition coefficient (Wildman–Crippen LogP) is -0.916. The molecule has 0 radical (unpaired) electrons. The van der Waals surface area contributed by atoms with E-state index in [2.05, 4.69) is 15.3 Å². The van der Waals surface area contributed by atoms with E-state index in [4.69, 9.17) is 0 Å². The Kier molecular flexibility index (Phi) is 7.05. The topological polar surface area (TPSA) is 178 Å². The van der Waals surface area contributed by atoms with Crippen molar-refractivity contribution < 1.29 is 57.4 Å². The number of azo groups is 1. The molecule has 1 atom stereocenters. The fourth-order valence-corrected chi connectivity index (χ4v) is 3.12. The van der Waals surface area contributed by atoms with Crippen LogP contribution in [0, 0.1) is 10.1 Å². The van der Waals surface area contributed by atoms with Crippen LogP contribution in [0.3, 0.4) is 0 Å². The van der Waals surface area contributed by atoms with Gasteiger partial charge < -0.3 is 9.66 Å². The number of amides is 1. The molecule has 3 rings (SSSR count). The first kappa shape index (κ1) is 23.6. The second-order valence-electron chi connectivity index (χ2n) is 5.87. The molecule has 1 heterocycles. The van der Waals surface area contributed by atoms with Crippen LogP contribution in [0.5, 0.6) is 5.75 Å². The largest absolute Gasteiger partial charge is 1.00 e. The molecule has 0 bridgehead atoms. The van der Waals surface area contributed by atoms with Crippen LogP contribution < -0.4 is 34.6 Å². The van der Waals surface area contributed by atoms with E-state index >= 15 is 0 Å². The molecular weight excluding hydrogens is 429 g/mol. The standard InChI is InChI=1S/C16H13N5O7S.Na/c1-9-14(16(23)20(19-9)10-5-3-2-4-6-10)18-17-12-7-11(21(24)25)8-13(15(12)22)29(26,27)28;/h2-8,14,22H,1H3,(H,26,27,28);/q;+1/p-1. The average Bonchev–Trinajstić information content (AvgIpc) is 2.94. The summed E-state index contributed by atoms with van der Waals surface area (Å²) in [7, 11) is -5.22. The first-order valence-electron chi connectivity index (χ1n) is 7.92. The summed E-state index contributed by atoms with van der Waals surface area (Å²) in [5.41, 5.74) is -0.704. The monoisotopic (exact) mass is 441 g/mol. The van der Waals surface area contributed by atoms with Crippen LogP contribution in [0.4, 0.5) is 17.1 Å². The number of nitro groups is 1. The fraction of sp³-hybridized carbons (Fsp3) is 0.125. The number of hydrogen-bond donors (Lipinski definition) is 1. The molecule has 0 aromatic heterocycles. The first-order chi connectivity index (χ1) is 13.6. The van der Waals surface area contributed by atoms with Crippen molar-refractivity contribution >= 4 is 38.8 Å². The molecule has 12 nitrogen and oxygen atoms in total. The molecule has 30 heavy (non-hydrogen) atoms. The van der Waals surface area contributed by atoms with E-state index in [1.807, 2.05) is 0 Å². The summed E-state index contributed by atoms with van der Waals surface area (Å²) in [5, 5.41) is 33.5. The minimum absolute atomic E-state index is 0. The van der Waals surface area contributed by atoms with E-state index in [1.165, 1.54) is 6.92 Å². The zero-order valence-electron chi connectivity index (χ0n) is 15.7. The third-order valence-corrected chi connectivity index (χ3v) is 4.75. The molecule has 0 saturated heterocycles. The Morgan fingerprint density at radius 1 is 1.23 bits per heavy atom. The van der Waals surface area contributed by atoms with Crippen molar-refractivity contribution in [2.24, 2.45) is 15.3 Å². The van der Waals surface area contributed by atoms with Gasteiger partial charge in [0.15, 0.2) is 11.8 Å². The van der Waals surface area contributed by atoms with E-state index in [-0.39, 0.29) is 35.3 Å². The van der Waals surface area contributed by atoms with Gasteiger partial charge in [-0.1, -0.05) is 18.2 Å². The number of non-ortho nitro benzene ring substituents is 1. The van der Waals surface area contributed by atoms with E-state index in [9.17, 15) is 33.0 Å². The molecule has 1 aliphatic heterocycles. The van der Waals surface area contributed by atoms with Gasteiger partial charge in [-0.25, -0.2) is 8.42 Å². The van der Waals surface area contributed by atoms with Crippen molar-refractivity contribution in [3.8, 4) is 5.75 Å². The first-order valence-corrected chi connectivity index (χ1v) is 9.32. The van der Waals surface area contributed by atoms with Gasteiger partial charge in [0.2, 0.25) is 0 Å². The number of phenols is 1. The summed E-state index contributed by atoms with van der Waals surface area (Å²) in [5.74, 6) is -1.67. The van der Waals surface area contributed by atoms with Crippen LogP contribution in [0.25, 0.3) is 0 Å². The van der Waals surface area contributed by atoms with Crippen LogP contribution >= 0.6 is 0 Å². The van der Waals surface area contributed by atoms with Crippen LogP contribution in [0.2, 0.25) is 0 Å². The number of hydrazone groups is 1. The zero-order chi connectivity index (χ0) is 21.3. The number of hydrogen-bond acceptors (Lipinski definition) is 10. The molecule has 1 aliphatic rings. The molecule has 150 valence electrons. The van der Waals surface area contributed by atoms with Crippen molar-refractivity contribution in [2.75, 3.05) is 5.01 Å². The average molecular weight is 441 g/mol. The number of aromatic hydroxyl groups is 1. The molecule has 0 aliphatic carbocycles. The third-order valence-electron chi connectivity index (χ3n) is 3.90. The maximum Gasteiger partial charge on any atom is 1.00 e. The Morgan fingerprint density at radius 3 is 2.43 bits per heavy atom. The van der Waals surface area contributed by atoms with E-state index < -0.39 is 49.0 Å². The summed E-state index contributed by atoms with van der Waals surface area (Å²) in [6, 6.07) is 8.40. The Hall–Kier alpha value is -2.71. The minimum atomic E-state index is -5.22. The summed E-state index contributed by atoms with van der Waals surface area (Å²) < 4.78 is 33.8. The van der Waals surface area contributed by atoms with Crippen molar-refractivity contribution in [3.63, 3.8) is 0 Å². The van der Waals surface area contributed by atoms with Crippen molar-refractivity contribution in [1.82, 2.24) is 0 Å². The maximum absolute atomic E-state index is 12.6. The predicted molar refractivity (Wildman–Crippen MR) is 98.1 cm³/mol. The molecule has 0 spiro atoms. The Bertz CT molecular complexity index is 1170. The van der Waals surface area contributed by atoms with E-state index in [1.54, 1.807) is 30.3 Å². The van der Waals surface area contributed by atoms with Crippen LogP contribution in [0.1, 0.15) is 6.92 Å². The normalized spacial score (nSPS) is 16.5. The van der Waals surface area contributed by atoms with Crippen LogP contribution in [-0.4, -0.2) is 40.7 Å². The van der Waals surface area contributed by atoms with Crippen molar-refractivity contribution in [1.29, 1.82) is 0 Å². The SMILES string of the molecule is CC1=NN(c2ccccc2)C(=O)C1N=Nc1cc([N+](=O)[O-])cc(S(=O)(=O)[O-])c1O.[Na+]. The number of para-hydroxylation sites is 1. The number of rotatable bonds is 5. The van der Waals surface area contributed by atoms with E-state index in [0.717, 1.165) is 11.1 Å². The van der Waals surface area contributed by atoms with Gasteiger partial charge in [-0.05, 0) is 19.1 Å².